The standard InChI is InChI=1S/C14H20N2O4S/c1-14(6-8-20-9-7-14)10-16-13(17)11-2-4-12(5-3-11)21(15,18)19/h2-5H,6-10H2,1H3,(H,16,17)(H2,15,18,19). The van der Waals surface area contributed by atoms with Gasteiger partial charge in [-0.3, -0.25) is 4.79 Å². The van der Waals surface area contributed by atoms with Gasteiger partial charge in [-0.2, -0.15) is 0 Å². The number of amides is 1. The molecule has 0 radical (unpaired) electrons. The third-order valence-corrected chi connectivity index (χ3v) is 4.75. The first-order valence-electron chi connectivity index (χ1n) is 6.79. The number of benzene rings is 1. The molecule has 0 bridgehead atoms. The predicted octanol–water partition coefficient (Wildman–Crippen LogP) is 0.880. The van der Waals surface area contributed by atoms with E-state index in [-0.39, 0.29) is 16.2 Å². The summed E-state index contributed by atoms with van der Waals surface area (Å²) in [6, 6.07) is 5.59. The maximum absolute atomic E-state index is 12.1. The Bertz CT molecular complexity index is 604. The van der Waals surface area contributed by atoms with Gasteiger partial charge < -0.3 is 10.1 Å². The summed E-state index contributed by atoms with van der Waals surface area (Å²) >= 11 is 0. The van der Waals surface area contributed by atoms with Gasteiger partial charge in [0.2, 0.25) is 10.0 Å². The maximum atomic E-state index is 12.1. The number of carbonyl (C=O) groups excluding carboxylic acids is 1. The Balaban J connectivity index is 1.97. The fourth-order valence-electron chi connectivity index (χ4n) is 2.23. The lowest BCUT2D eigenvalue weighted by Crippen LogP contribution is -2.39. The number of nitrogens with one attached hydrogen (secondary N) is 1. The van der Waals surface area contributed by atoms with E-state index in [2.05, 4.69) is 12.2 Å². The summed E-state index contributed by atoms with van der Waals surface area (Å²) in [6.07, 6.45) is 1.83. The Hall–Kier alpha value is -1.44. The number of hydrogen-bond donors (Lipinski definition) is 2. The Morgan fingerprint density at radius 3 is 2.38 bits per heavy atom. The van der Waals surface area contributed by atoms with Crippen molar-refractivity contribution in [2.75, 3.05) is 19.8 Å². The zero-order chi connectivity index (χ0) is 15.5. The van der Waals surface area contributed by atoms with Crippen LogP contribution in [-0.2, 0) is 14.8 Å². The van der Waals surface area contributed by atoms with Gasteiger partial charge in [-0.1, -0.05) is 6.92 Å². The number of hydrogen-bond acceptors (Lipinski definition) is 4. The Morgan fingerprint density at radius 2 is 1.86 bits per heavy atom. The molecular weight excluding hydrogens is 292 g/mol. The molecule has 0 saturated carbocycles. The summed E-state index contributed by atoms with van der Waals surface area (Å²) in [4.78, 5) is 12.1. The number of sulfonamides is 1. The summed E-state index contributed by atoms with van der Waals surface area (Å²) in [5.74, 6) is -0.219. The van der Waals surface area contributed by atoms with Crippen LogP contribution in [0.25, 0.3) is 0 Å². The first-order chi connectivity index (χ1) is 9.80. The average molecular weight is 312 g/mol. The molecule has 1 fully saturated rings. The molecule has 116 valence electrons. The highest BCUT2D eigenvalue weighted by molar-refractivity contribution is 7.89. The molecule has 7 heteroatoms. The van der Waals surface area contributed by atoms with Crippen molar-refractivity contribution in [3.8, 4) is 0 Å². The lowest BCUT2D eigenvalue weighted by molar-refractivity contribution is 0.0238. The second kappa shape index (κ2) is 6.13. The average Bonchev–Trinajstić information content (AvgIpc) is 2.45. The van der Waals surface area contributed by atoms with Crippen molar-refractivity contribution in [1.82, 2.24) is 5.32 Å². The summed E-state index contributed by atoms with van der Waals surface area (Å²) in [5.41, 5.74) is 0.465. The predicted molar refractivity (Wildman–Crippen MR) is 78.3 cm³/mol. The van der Waals surface area contributed by atoms with Gasteiger partial charge in [0.15, 0.2) is 0 Å². The molecule has 1 aromatic rings. The second-order valence-corrected chi connectivity index (χ2v) is 7.24. The highest BCUT2D eigenvalue weighted by Crippen LogP contribution is 2.28. The number of primary sulfonamides is 1. The van der Waals surface area contributed by atoms with Crippen LogP contribution in [-0.4, -0.2) is 34.1 Å². The molecule has 0 aliphatic carbocycles. The van der Waals surface area contributed by atoms with Crippen LogP contribution in [0, 0.1) is 5.41 Å². The molecular formula is C14H20N2O4S. The third-order valence-electron chi connectivity index (χ3n) is 3.82. The minimum absolute atomic E-state index is 0.00422. The quantitative estimate of drug-likeness (QED) is 0.862. The van der Waals surface area contributed by atoms with Gasteiger partial charge in [0.25, 0.3) is 5.91 Å². The van der Waals surface area contributed by atoms with Crippen molar-refractivity contribution in [3.63, 3.8) is 0 Å². The smallest absolute Gasteiger partial charge is 0.251 e. The number of carbonyl (C=O) groups is 1. The third kappa shape index (κ3) is 4.26. The van der Waals surface area contributed by atoms with Crippen molar-refractivity contribution in [2.45, 2.75) is 24.7 Å². The molecule has 0 unspecified atom stereocenters. The minimum atomic E-state index is -3.73. The largest absolute Gasteiger partial charge is 0.381 e. The van der Waals surface area contributed by atoms with Gasteiger partial charge in [-0.25, -0.2) is 13.6 Å². The van der Waals surface area contributed by atoms with E-state index in [4.69, 9.17) is 9.88 Å². The van der Waals surface area contributed by atoms with E-state index in [9.17, 15) is 13.2 Å². The van der Waals surface area contributed by atoms with E-state index in [0.29, 0.717) is 12.1 Å². The van der Waals surface area contributed by atoms with Crippen molar-refractivity contribution >= 4 is 15.9 Å². The lowest BCUT2D eigenvalue weighted by Gasteiger charge is -2.33. The van der Waals surface area contributed by atoms with Gasteiger partial charge >= 0.3 is 0 Å². The summed E-state index contributed by atoms with van der Waals surface area (Å²) < 4.78 is 27.6. The van der Waals surface area contributed by atoms with Crippen molar-refractivity contribution in [2.24, 2.45) is 10.6 Å². The molecule has 3 N–H and O–H groups in total. The zero-order valence-corrected chi connectivity index (χ0v) is 12.8. The Kier molecular flexibility index (Phi) is 4.65. The molecule has 1 heterocycles. The highest BCUT2D eigenvalue weighted by atomic mass is 32.2. The fourth-order valence-corrected chi connectivity index (χ4v) is 2.75. The number of rotatable bonds is 4. The highest BCUT2D eigenvalue weighted by Gasteiger charge is 2.27. The van der Waals surface area contributed by atoms with Gasteiger partial charge in [0.05, 0.1) is 4.90 Å². The summed E-state index contributed by atoms with van der Waals surface area (Å²) in [5, 5.41) is 7.91. The fraction of sp³-hybridized carbons (Fsp3) is 0.500. The van der Waals surface area contributed by atoms with Crippen molar-refractivity contribution < 1.29 is 17.9 Å². The van der Waals surface area contributed by atoms with Crippen LogP contribution in [0.4, 0.5) is 0 Å². The van der Waals surface area contributed by atoms with Crippen LogP contribution in [0.3, 0.4) is 0 Å². The summed E-state index contributed by atoms with van der Waals surface area (Å²) in [6.45, 7) is 4.14. The Labute approximate surface area is 124 Å². The molecule has 21 heavy (non-hydrogen) atoms. The molecule has 1 saturated heterocycles. The first kappa shape index (κ1) is 15.9. The maximum Gasteiger partial charge on any atom is 0.251 e. The molecule has 0 aromatic heterocycles. The van der Waals surface area contributed by atoms with Crippen LogP contribution < -0.4 is 10.5 Å². The lowest BCUT2D eigenvalue weighted by atomic mass is 9.82. The first-order valence-corrected chi connectivity index (χ1v) is 8.34. The monoisotopic (exact) mass is 312 g/mol. The number of ether oxygens (including phenoxy) is 1. The second-order valence-electron chi connectivity index (χ2n) is 5.68. The van der Waals surface area contributed by atoms with Crippen LogP contribution >= 0.6 is 0 Å². The zero-order valence-electron chi connectivity index (χ0n) is 12.0. The number of nitrogens with two attached hydrogens (primary N) is 1. The summed E-state index contributed by atoms with van der Waals surface area (Å²) in [7, 11) is -3.73. The van der Waals surface area contributed by atoms with E-state index in [1.807, 2.05) is 0 Å². The van der Waals surface area contributed by atoms with E-state index < -0.39 is 10.0 Å². The normalized spacial score (nSPS) is 18.2. The van der Waals surface area contributed by atoms with Gasteiger partial charge in [-0.05, 0) is 42.5 Å². The Morgan fingerprint density at radius 1 is 1.29 bits per heavy atom. The molecule has 1 amide bonds. The SMILES string of the molecule is CC1(CNC(=O)c2ccc(S(N)(=O)=O)cc2)CCOCC1. The van der Waals surface area contributed by atoms with E-state index in [1.165, 1.54) is 24.3 Å². The molecule has 0 atom stereocenters. The topological polar surface area (TPSA) is 98.5 Å². The molecule has 2 rings (SSSR count). The molecule has 6 nitrogen and oxygen atoms in total. The van der Waals surface area contributed by atoms with Crippen molar-refractivity contribution in [1.29, 1.82) is 0 Å². The van der Waals surface area contributed by atoms with Crippen molar-refractivity contribution in [3.05, 3.63) is 29.8 Å². The van der Waals surface area contributed by atoms with E-state index in [0.717, 1.165) is 26.1 Å². The minimum Gasteiger partial charge on any atom is -0.381 e. The molecule has 0 spiro atoms. The van der Waals surface area contributed by atoms with E-state index in [1.54, 1.807) is 0 Å². The molecule has 1 aliphatic heterocycles. The van der Waals surface area contributed by atoms with Gasteiger partial charge in [0.1, 0.15) is 0 Å². The van der Waals surface area contributed by atoms with Crippen LogP contribution in [0.5, 0.6) is 0 Å². The van der Waals surface area contributed by atoms with Crippen LogP contribution in [0.1, 0.15) is 30.1 Å². The van der Waals surface area contributed by atoms with Gasteiger partial charge in [-0.15, -0.1) is 0 Å². The van der Waals surface area contributed by atoms with Gasteiger partial charge in [0, 0.05) is 25.3 Å². The molecule has 1 aliphatic rings. The van der Waals surface area contributed by atoms with E-state index >= 15 is 0 Å². The molecule has 1 aromatic carbocycles. The van der Waals surface area contributed by atoms with Crippen LogP contribution in [0.2, 0.25) is 0 Å². The van der Waals surface area contributed by atoms with Crippen LogP contribution in [0.15, 0.2) is 29.2 Å².